The van der Waals surface area contributed by atoms with Crippen LogP contribution in [0.2, 0.25) is 0 Å². The van der Waals surface area contributed by atoms with E-state index in [1.807, 2.05) is 5.32 Å². The Balaban J connectivity index is 2.49. The summed E-state index contributed by atoms with van der Waals surface area (Å²) in [6.07, 6.45) is 1.12. The lowest BCUT2D eigenvalue weighted by atomic mass is 10.2. The summed E-state index contributed by atoms with van der Waals surface area (Å²) in [6, 6.07) is -1.03. The van der Waals surface area contributed by atoms with Crippen LogP contribution < -0.4 is 16.6 Å². The van der Waals surface area contributed by atoms with E-state index >= 15 is 0 Å². The molecule has 21 heavy (non-hydrogen) atoms. The van der Waals surface area contributed by atoms with Crippen LogP contribution in [0, 0.1) is 6.92 Å². The predicted octanol–water partition coefficient (Wildman–Crippen LogP) is -0.340. The Bertz CT molecular complexity index is 822. The van der Waals surface area contributed by atoms with Gasteiger partial charge in [-0.15, -0.1) is 11.3 Å². The molecular formula is C11H10N4O5S. The molecule has 0 saturated heterocycles. The van der Waals surface area contributed by atoms with Crippen LogP contribution in [0.4, 0.5) is 4.79 Å². The van der Waals surface area contributed by atoms with Crippen molar-refractivity contribution in [2.24, 2.45) is 5.73 Å². The van der Waals surface area contributed by atoms with Crippen LogP contribution in [0.1, 0.15) is 15.2 Å². The number of primary amides is 1. The molecule has 0 spiro atoms. The van der Waals surface area contributed by atoms with Gasteiger partial charge in [-0.1, -0.05) is 0 Å². The second-order valence-electron chi connectivity index (χ2n) is 4.13. The average molecular weight is 310 g/mol. The number of carbonyl (C=O) groups is 3. The van der Waals surface area contributed by atoms with Crippen molar-refractivity contribution in [3.8, 4) is 0 Å². The fourth-order valence-corrected chi connectivity index (χ4v) is 2.79. The Kier molecular flexibility index (Phi) is 3.72. The molecule has 0 radical (unpaired) electrons. The van der Waals surface area contributed by atoms with E-state index in [1.54, 1.807) is 0 Å². The highest BCUT2D eigenvalue weighted by Crippen LogP contribution is 2.26. The van der Waals surface area contributed by atoms with Gasteiger partial charge in [0.2, 0.25) is 5.91 Å². The number of imide groups is 1. The zero-order valence-corrected chi connectivity index (χ0v) is 11.6. The molecule has 2 heterocycles. The van der Waals surface area contributed by atoms with Crippen LogP contribution in [0.5, 0.6) is 0 Å². The molecular weight excluding hydrogens is 300 g/mol. The number of aromatic carboxylic acids is 1. The number of carbonyl (C=O) groups excluding carboxylic acids is 2. The monoisotopic (exact) mass is 310 g/mol. The van der Waals surface area contributed by atoms with E-state index in [4.69, 9.17) is 10.8 Å². The summed E-state index contributed by atoms with van der Waals surface area (Å²) in [4.78, 5) is 49.5. The summed E-state index contributed by atoms with van der Waals surface area (Å²) >= 11 is 0.886. The van der Waals surface area contributed by atoms with E-state index in [-0.39, 0.29) is 15.1 Å². The highest BCUT2D eigenvalue weighted by Gasteiger charge is 2.19. The van der Waals surface area contributed by atoms with Gasteiger partial charge in [-0.05, 0) is 12.5 Å². The maximum absolute atomic E-state index is 12.2. The Labute approximate surface area is 121 Å². The van der Waals surface area contributed by atoms with Gasteiger partial charge in [-0.3, -0.25) is 19.5 Å². The fraction of sp³-hybridized carbons (Fsp3) is 0.182. The molecule has 0 saturated carbocycles. The standard InChI is InChI=1S/C11H10N4O5S/c1-4-6-8(21-7(4)10(18)19)13-3-15(9(6)17)2-5(16)14-11(12)20/h3H,2H2,1H3,(H,18,19)(H3,12,14,16,20). The van der Waals surface area contributed by atoms with E-state index in [0.717, 1.165) is 22.2 Å². The third-order valence-corrected chi connectivity index (χ3v) is 3.88. The van der Waals surface area contributed by atoms with Gasteiger partial charge >= 0.3 is 12.0 Å². The molecule has 9 nitrogen and oxygen atoms in total. The first-order valence-electron chi connectivity index (χ1n) is 5.62. The number of hydrogen-bond acceptors (Lipinski definition) is 6. The van der Waals surface area contributed by atoms with Gasteiger partial charge in [0.15, 0.2) is 0 Å². The molecule has 0 atom stereocenters. The molecule has 2 aromatic heterocycles. The van der Waals surface area contributed by atoms with Crippen LogP contribution in [0.25, 0.3) is 10.2 Å². The number of hydrogen-bond donors (Lipinski definition) is 3. The van der Waals surface area contributed by atoms with E-state index in [0.29, 0.717) is 5.56 Å². The second-order valence-corrected chi connectivity index (χ2v) is 5.13. The minimum Gasteiger partial charge on any atom is -0.477 e. The van der Waals surface area contributed by atoms with Gasteiger partial charge in [-0.2, -0.15) is 0 Å². The molecule has 0 aromatic carbocycles. The third-order valence-electron chi connectivity index (χ3n) is 2.69. The van der Waals surface area contributed by atoms with Gasteiger partial charge in [0, 0.05) is 0 Å². The van der Waals surface area contributed by atoms with E-state index in [9.17, 15) is 19.2 Å². The first kappa shape index (κ1) is 14.7. The fourth-order valence-electron chi connectivity index (χ4n) is 1.81. The highest BCUT2D eigenvalue weighted by atomic mass is 32.1. The molecule has 10 heteroatoms. The third kappa shape index (κ3) is 2.74. The summed E-state index contributed by atoms with van der Waals surface area (Å²) < 4.78 is 0.978. The van der Waals surface area contributed by atoms with Crippen LogP contribution in [-0.2, 0) is 11.3 Å². The molecule has 2 rings (SSSR count). The average Bonchev–Trinajstić information content (AvgIpc) is 2.70. The summed E-state index contributed by atoms with van der Waals surface area (Å²) in [5.41, 5.74) is 4.54. The molecule has 0 aliphatic rings. The molecule has 0 fully saturated rings. The largest absolute Gasteiger partial charge is 0.477 e. The maximum Gasteiger partial charge on any atom is 0.346 e. The zero-order chi connectivity index (χ0) is 15.7. The number of carboxylic acid groups (broad SMARTS) is 1. The van der Waals surface area contributed by atoms with Gasteiger partial charge in [0.05, 0.1) is 11.7 Å². The molecule has 0 aliphatic heterocycles. The van der Waals surface area contributed by atoms with Crippen LogP contribution in [0.15, 0.2) is 11.1 Å². The lowest BCUT2D eigenvalue weighted by molar-refractivity contribution is -0.120. The van der Waals surface area contributed by atoms with E-state index in [2.05, 4.69) is 4.98 Å². The number of carboxylic acids is 1. The summed E-state index contributed by atoms with van der Waals surface area (Å²) in [5, 5.41) is 11.0. The number of aryl methyl sites for hydroxylation is 1. The molecule has 4 N–H and O–H groups in total. The van der Waals surface area contributed by atoms with Crippen LogP contribution in [-0.4, -0.2) is 32.6 Å². The van der Waals surface area contributed by atoms with Crippen molar-refractivity contribution in [3.05, 3.63) is 27.1 Å². The molecule has 3 amide bonds. The van der Waals surface area contributed by atoms with Crippen molar-refractivity contribution in [1.29, 1.82) is 0 Å². The SMILES string of the molecule is Cc1c(C(=O)O)sc2ncn(CC(=O)NC(N)=O)c(=O)c12. The minimum absolute atomic E-state index is 0.0222. The first-order chi connectivity index (χ1) is 9.81. The quantitative estimate of drug-likeness (QED) is 0.707. The number of fused-ring (bicyclic) bond motifs is 1. The molecule has 110 valence electrons. The van der Waals surface area contributed by atoms with Crippen molar-refractivity contribution in [3.63, 3.8) is 0 Å². The normalized spacial score (nSPS) is 10.5. The van der Waals surface area contributed by atoms with Crippen molar-refractivity contribution in [2.45, 2.75) is 13.5 Å². The number of nitrogens with two attached hydrogens (primary N) is 1. The molecule has 0 unspecified atom stereocenters. The zero-order valence-electron chi connectivity index (χ0n) is 10.7. The van der Waals surface area contributed by atoms with E-state index in [1.165, 1.54) is 6.92 Å². The van der Waals surface area contributed by atoms with Gasteiger partial charge in [0.1, 0.15) is 16.3 Å². The Hall–Kier alpha value is -2.75. The Morgan fingerprint density at radius 3 is 2.71 bits per heavy atom. The van der Waals surface area contributed by atoms with Crippen molar-refractivity contribution in [2.75, 3.05) is 0 Å². The predicted molar refractivity (Wildman–Crippen MR) is 73.3 cm³/mol. The molecule has 2 aromatic rings. The lowest BCUT2D eigenvalue weighted by Crippen LogP contribution is -2.39. The Morgan fingerprint density at radius 2 is 2.14 bits per heavy atom. The van der Waals surface area contributed by atoms with E-state index < -0.39 is 30.0 Å². The summed E-state index contributed by atoms with van der Waals surface area (Å²) in [5.74, 6) is -1.91. The van der Waals surface area contributed by atoms with Gasteiger partial charge in [0.25, 0.3) is 5.56 Å². The Morgan fingerprint density at radius 1 is 1.48 bits per heavy atom. The minimum atomic E-state index is -1.15. The van der Waals surface area contributed by atoms with Crippen LogP contribution >= 0.6 is 11.3 Å². The number of thiophene rings is 1. The van der Waals surface area contributed by atoms with Gasteiger partial charge < -0.3 is 10.8 Å². The van der Waals surface area contributed by atoms with Crippen molar-refractivity contribution in [1.82, 2.24) is 14.9 Å². The topological polar surface area (TPSA) is 144 Å². The number of nitrogens with one attached hydrogen (secondary N) is 1. The molecule has 0 bridgehead atoms. The maximum atomic E-state index is 12.2. The number of aromatic nitrogens is 2. The number of rotatable bonds is 3. The number of urea groups is 1. The smallest absolute Gasteiger partial charge is 0.346 e. The second kappa shape index (κ2) is 5.32. The first-order valence-corrected chi connectivity index (χ1v) is 6.44. The highest BCUT2D eigenvalue weighted by molar-refractivity contribution is 7.20. The summed E-state index contributed by atoms with van der Waals surface area (Å²) in [7, 11) is 0. The van der Waals surface area contributed by atoms with Crippen molar-refractivity contribution >= 4 is 39.5 Å². The number of nitrogens with zero attached hydrogens (tertiary/aromatic N) is 2. The van der Waals surface area contributed by atoms with Crippen molar-refractivity contribution < 1.29 is 19.5 Å². The lowest BCUT2D eigenvalue weighted by Gasteiger charge is -2.04. The molecule has 0 aliphatic carbocycles. The number of amides is 3. The van der Waals surface area contributed by atoms with Crippen LogP contribution in [0.3, 0.4) is 0 Å². The van der Waals surface area contributed by atoms with Gasteiger partial charge in [-0.25, -0.2) is 14.6 Å². The summed E-state index contributed by atoms with van der Waals surface area (Å²) in [6.45, 7) is 1.06.